The summed E-state index contributed by atoms with van der Waals surface area (Å²) in [6.07, 6.45) is 4.06. The lowest BCUT2D eigenvalue weighted by atomic mass is 10.0. The van der Waals surface area contributed by atoms with Crippen molar-refractivity contribution in [3.63, 3.8) is 0 Å². The van der Waals surface area contributed by atoms with Gasteiger partial charge in [-0.2, -0.15) is 0 Å². The molecule has 0 radical (unpaired) electrons. The fourth-order valence-electron chi connectivity index (χ4n) is 0.866. The maximum atomic E-state index is 2.26. The standard InChI is InChI=1S/C7H16.6CH4/c1-4-7(5-2)6-3;;;;;;/h7H,4-6H2,1-3H3;6*1H4. The van der Waals surface area contributed by atoms with E-state index in [2.05, 4.69) is 20.8 Å². The summed E-state index contributed by atoms with van der Waals surface area (Å²) in [6.45, 7) is 6.78. The van der Waals surface area contributed by atoms with Gasteiger partial charge >= 0.3 is 0 Å². The average molecular weight is 196 g/mol. The summed E-state index contributed by atoms with van der Waals surface area (Å²) in [5, 5.41) is 0. The molecule has 0 heterocycles. The third kappa shape index (κ3) is 33.3. The second kappa shape index (κ2) is 40.3. The quantitative estimate of drug-likeness (QED) is 0.474. The molecule has 0 bridgehead atoms. The van der Waals surface area contributed by atoms with Crippen LogP contribution in [0, 0.1) is 5.92 Å². The van der Waals surface area contributed by atoms with Gasteiger partial charge in [-0.3, -0.25) is 0 Å². The number of rotatable bonds is 3. The van der Waals surface area contributed by atoms with Crippen LogP contribution in [0.15, 0.2) is 0 Å². The summed E-state index contributed by atoms with van der Waals surface area (Å²) in [5.41, 5.74) is 0. The Kier molecular flexibility index (Phi) is 161. The molecular formula is C13H40. The molecule has 0 amide bonds. The molecular weight excluding hydrogens is 156 g/mol. The van der Waals surface area contributed by atoms with Crippen LogP contribution in [-0.2, 0) is 0 Å². The fourth-order valence-corrected chi connectivity index (χ4v) is 0.866. The zero-order valence-corrected chi connectivity index (χ0v) is 5.70. The highest BCUT2D eigenvalue weighted by atomic mass is 14.0. The summed E-state index contributed by atoms with van der Waals surface area (Å²) in [6, 6.07) is 0. The Morgan fingerprint density at radius 1 is 0.538 bits per heavy atom. The van der Waals surface area contributed by atoms with Crippen molar-refractivity contribution in [3.05, 3.63) is 0 Å². The van der Waals surface area contributed by atoms with Crippen molar-refractivity contribution in [1.82, 2.24) is 0 Å². The van der Waals surface area contributed by atoms with Crippen LogP contribution in [-0.4, -0.2) is 0 Å². The van der Waals surface area contributed by atoms with Gasteiger partial charge in [-0.05, 0) is 5.92 Å². The first-order valence-corrected chi connectivity index (χ1v) is 3.35. The first kappa shape index (κ1) is 52.0. The van der Waals surface area contributed by atoms with Crippen LogP contribution in [0.2, 0.25) is 0 Å². The van der Waals surface area contributed by atoms with Crippen LogP contribution in [0.1, 0.15) is 84.6 Å². The van der Waals surface area contributed by atoms with Gasteiger partial charge in [0.1, 0.15) is 0 Å². The van der Waals surface area contributed by atoms with Crippen molar-refractivity contribution in [2.75, 3.05) is 0 Å². The average Bonchev–Trinajstić information content (AvgIpc) is 1.72. The van der Waals surface area contributed by atoms with Gasteiger partial charge in [0, 0.05) is 0 Å². The van der Waals surface area contributed by atoms with Crippen LogP contribution in [0.4, 0.5) is 0 Å². The van der Waals surface area contributed by atoms with Crippen LogP contribution in [0.5, 0.6) is 0 Å². The van der Waals surface area contributed by atoms with Crippen molar-refractivity contribution in [1.29, 1.82) is 0 Å². The lowest BCUT2D eigenvalue weighted by Gasteiger charge is -2.05. The third-order valence-electron chi connectivity index (χ3n) is 1.73. The molecule has 0 rings (SSSR count). The van der Waals surface area contributed by atoms with E-state index in [0.717, 1.165) is 5.92 Å². The van der Waals surface area contributed by atoms with Gasteiger partial charge in [0.15, 0.2) is 0 Å². The van der Waals surface area contributed by atoms with E-state index in [9.17, 15) is 0 Å². The smallest absolute Gasteiger partial charge is 0.0422 e. The van der Waals surface area contributed by atoms with Gasteiger partial charge in [0.05, 0.1) is 0 Å². The van der Waals surface area contributed by atoms with Gasteiger partial charge in [0.25, 0.3) is 0 Å². The van der Waals surface area contributed by atoms with E-state index in [4.69, 9.17) is 0 Å². The molecule has 0 aromatic carbocycles. The maximum absolute atomic E-state index is 2.26. The Balaban J connectivity index is -0.0000000120. The topological polar surface area (TPSA) is 0 Å². The molecule has 0 aliphatic carbocycles. The Morgan fingerprint density at radius 2 is 0.692 bits per heavy atom. The van der Waals surface area contributed by atoms with Gasteiger partial charge in [-0.1, -0.05) is 84.6 Å². The molecule has 0 heteroatoms. The molecule has 0 saturated heterocycles. The Labute approximate surface area is 91.2 Å². The molecule has 0 unspecified atom stereocenters. The Hall–Kier alpha value is 0. The minimum atomic E-state index is 0. The zero-order chi connectivity index (χ0) is 5.70. The van der Waals surface area contributed by atoms with Gasteiger partial charge in [-0.15, -0.1) is 0 Å². The van der Waals surface area contributed by atoms with Gasteiger partial charge in [0.2, 0.25) is 0 Å². The molecule has 0 aromatic heterocycles. The normalized spacial score (nSPS) is 5.54. The molecule has 0 atom stereocenters. The van der Waals surface area contributed by atoms with Crippen molar-refractivity contribution in [2.45, 2.75) is 84.6 Å². The molecule has 0 spiro atoms. The second-order valence-electron chi connectivity index (χ2n) is 2.09. The summed E-state index contributed by atoms with van der Waals surface area (Å²) in [4.78, 5) is 0. The second-order valence-corrected chi connectivity index (χ2v) is 2.09. The summed E-state index contributed by atoms with van der Waals surface area (Å²) < 4.78 is 0. The van der Waals surface area contributed by atoms with Crippen molar-refractivity contribution in [3.8, 4) is 0 Å². The Morgan fingerprint density at radius 3 is 0.692 bits per heavy atom. The highest BCUT2D eigenvalue weighted by Crippen LogP contribution is 2.09. The maximum Gasteiger partial charge on any atom is -0.0422 e. The molecule has 0 fully saturated rings. The lowest BCUT2D eigenvalue weighted by Crippen LogP contribution is -1.91. The van der Waals surface area contributed by atoms with Crippen molar-refractivity contribution >= 4 is 0 Å². The predicted molar refractivity (Wildman–Crippen MR) is 74.7 cm³/mol. The van der Waals surface area contributed by atoms with E-state index in [1.807, 2.05) is 0 Å². The summed E-state index contributed by atoms with van der Waals surface area (Å²) >= 11 is 0. The molecule has 0 aliphatic heterocycles. The summed E-state index contributed by atoms with van der Waals surface area (Å²) in [7, 11) is 0. The van der Waals surface area contributed by atoms with E-state index in [0.29, 0.717) is 0 Å². The first-order valence-electron chi connectivity index (χ1n) is 3.35. The molecule has 13 heavy (non-hydrogen) atoms. The zero-order valence-electron chi connectivity index (χ0n) is 5.70. The molecule has 0 saturated carbocycles. The number of hydrogen-bond donors (Lipinski definition) is 0. The largest absolute Gasteiger partial charge is 0.0776 e. The SMILES string of the molecule is C.C.C.C.C.C.CCC(CC)CC. The minimum absolute atomic E-state index is 0. The molecule has 0 aliphatic rings. The van der Waals surface area contributed by atoms with Crippen molar-refractivity contribution in [2.24, 2.45) is 5.92 Å². The van der Waals surface area contributed by atoms with Gasteiger partial charge in [-0.25, -0.2) is 0 Å². The van der Waals surface area contributed by atoms with E-state index >= 15 is 0 Å². The van der Waals surface area contributed by atoms with E-state index in [1.165, 1.54) is 19.3 Å². The third-order valence-corrected chi connectivity index (χ3v) is 1.73. The van der Waals surface area contributed by atoms with E-state index < -0.39 is 0 Å². The summed E-state index contributed by atoms with van der Waals surface area (Å²) in [5.74, 6) is 0.986. The van der Waals surface area contributed by atoms with Crippen LogP contribution >= 0.6 is 0 Å². The number of hydrogen-bond acceptors (Lipinski definition) is 0. The van der Waals surface area contributed by atoms with Crippen LogP contribution in [0.3, 0.4) is 0 Å². The highest BCUT2D eigenvalue weighted by Gasteiger charge is 1.95. The van der Waals surface area contributed by atoms with Crippen LogP contribution in [0.25, 0.3) is 0 Å². The van der Waals surface area contributed by atoms with E-state index in [-0.39, 0.29) is 44.6 Å². The fraction of sp³-hybridized carbons (Fsp3) is 1.00. The van der Waals surface area contributed by atoms with E-state index in [1.54, 1.807) is 0 Å². The minimum Gasteiger partial charge on any atom is -0.0776 e. The lowest BCUT2D eigenvalue weighted by molar-refractivity contribution is 0.477. The van der Waals surface area contributed by atoms with Crippen molar-refractivity contribution < 1.29 is 0 Å². The molecule has 0 aromatic rings. The predicted octanol–water partition coefficient (Wildman–Crippen LogP) is 6.65. The Bertz CT molecular complexity index is 21.5. The molecule has 0 nitrogen and oxygen atoms in total. The van der Waals surface area contributed by atoms with Crippen LogP contribution < -0.4 is 0 Å². The monoisotopic (exact) mass is 196 g/mol. The molecule has 92 valence electrons. The molecule has 0 N–H and O–H groups in total. The highest BCUT2D eigenvalue weighted by molar-refractivity contribution is 4.48. The first-order chi connectivity index (χ1) is 3.35. The van der Waals surface area contributed by atoms with Gasteiger partial charge < -0.3 is 0 Å².